The van der Waals surface area contributed by atoms with Crippen LogP contribution in [0.15, 0.2) is 0 Å². The molecule has 1 saturated carbocycles. The van der Waals surface area contributed by atoms with Gasteiger partial charge < -0.3 is 5.32 Å². The van der Waals surface area contributed by atoms with Crippen molar-refractivity contribution in [3.63, 3.8) is 0 Å². The fourth-order valence-corrected chi connectivity index (χ4v) is 1.65. The number of alkyl halides is 2. The van der Waals surface area contributed by atoms with Gasteiger partial charge in [-0.05, 0) is 25.2 Å². The van der Waals surface area contributed by atoms with Gasteiger partial charge in [-0.15, -0.1) is 0 Å². The molecule has 1 fully saturated rings. The van der Waals surface area contributed by atoms with Gasteiger partial charge in [0.1, 0.15) is 0 Å². The van der Waals surface area contributed by atoms with E-state index in [2.05, 4.69) is 12.2 Å². The summed E-state index contributed by atoms with van der Waals surface area (Å²) < 4.78 is 23.4. The fraction of sp³-hybridized carbons (Fsp3) is 1.00. The Kier molecular flexibility index (Phi) is 3.24. The molecule has 0 aromatic heterocycles. The Bertz CT molecular complexity index is 117. The lowest BCUT2D eigenvalue weighted by atomic mass is 10.1. The highest BCUT2D eigenvalue weighted by Gasteiger charge is 2.21. The Labute approximate surface area is 66.2 Å². The lowest BCUT2D eigenvalue weighted by Gasteiger charge is -2.10. The second-order valence-electron chi connectivity index (χ2n) is 3.41. The standard InChI is InChI=1S/C8H15F2N/c1-6-2-3-7(4-6)11-5-8(9)10/h6-8,11H,2-5H2,1H3. The van der Waals surface area contributed by atoms with Crippen molar-refractivity contribution in [1.82, 2.24) is 5.32 Å². The van der Waals surface area contributed by atoms with Gasteiger partial charge in [-0.1, -0.05) is 6.92 Å². The molecule has 0 spiro atoms. The van der Waals surface area contributed by atoms with E-state index >= 15 is 0 Å². The Hall–Kier alpha value is -0.180. The summed E-state index contributed by atoms with van der Waals surface area (Å²) >= 11 is 0. The van der Waals surface area contributed by atoms with Crippen LogP contribution in [-0.2, 0) is 0 Å². The second-order valence-corrected chi connectivity index (χ2v) is 3.41. The van der Waals surface area contributed by atoms with Gasteiger partial charge >= 0.3 is 0 Å². The smallest absolute Gasteiger partial charge is 0.250 e. The monoisotopic (exact) mass is 163 g/mol. The van der Waals surface area contributed by atoms with Crippen LogP contribution in [0.3, 0.4) is 0 Å². The molecule has 0 aromatic carbocycles. The van der Waals surface area contributed by atoms with E-state index in [-0.39, 0.29) is 6.54 Å². The Morgan fingerprint density at radius 1 is 1.45 bits per heavy atom. The molecule has 11 heavy (non-hydrogen) atoms. The zero-order valence-corrected chi connectivity index (χ0v) is 6.82. The van der Waals surface area contributed by atoms with Crippen molar-refractivity contribution in [2.45, 2.75) is 38.7 Å². The van der Waals surface area contributed by atoms with Crippen molar-refractivity contribution < 1.29 is 8.78 Å². The number of nitrogens with one attached hydrogen (secondary N) is 1. The van der Waals surface area contributed by atoms with Crippen LogP contribution in [0.25, 0.3) is 0 Å². The van der Waals surface area contributed by atoms with Gasteiger partial charge in [0.2, 0.25) is 0 Å². The van der Waals surface area contributed by atoms with Gasteiger partial charge in [-0.2, -0.15) is 0 Å². The molecule has 2 unspecified atom stereocenters. The van der Waals surface area contributed by atoms with E-state index in [1.165, 1.54) is 6.42 Å². The summed E-state index contributed by atoms with van der Waals surface area (Å²) in [4.78, 5) is 0. The lowest BCUT2D eigenvalue weighted by molar-refractivity contribution is 0.141. The van der Waals surface area contributed by atoms with E-state index in [4.69, 9.17) is 0 Å². The first kappa shape index (κ1) is 8.91. The van der Waals surface area contributed by atoms with E-state index in [1.54, 1.807) is 0 Å². The summed E-state index contributed by atoms with van der Waals surface area (Å²) in [5.41, 5.74) is 0. The lowest BCUT2D eigenvalue weighted by Crippen LogP contribution is -2.30. The molecule has 2 atom stereocenters. The van der Waals surface area contributed by atoms with Crippen LogP contribution in [-0.4, -0.2) is 19.0 Å². The molecule has 0 saturated heterocycles. The average Bonchev–Trinajstić information content (AvgIpc) is 2.31. The van der Waals surface area contributed by atoms with Crippen molar-refractivity contribution >= 4 is 0 Å². The largest absolute Gasteiger partial charge is 0.309 e. The molecule has 1 aliphatic carbocycles. The maximum Gasteiger partial charge on any atom is 0.250 e. The molecule has 1 aliphatic rings. The molecule has 0 radical (unpaired) electrons. The summed E-state index contributed by atoms with van der Waals surface area (Å²) in [5, 5.41) is 2.86. The van der Waals surface area contributed by atoms with Gasteiger partial charge in [0.05, 0.1) is 6.54 Å². The van der Waals surface area contributed by atoms with Crippen LogP contribution in [0, 0.1) is 5.92 Å². The van der Waals surface area contributed by atoms with Gasteiger partial charge in [0.15, 0.2) is 0 Å². The predicted octanol–water partition coefficient (Wildman–Crippen LogP) is 2.03. The molecular weight excluding hydrogens is 148 g/mol. The zero-order chi connectivity index (χ0) is 8.27. The van der Waals surface area contributed by atoms with Crippen molar-refractivity contribution in [1.29, 1.82) is 0 Å². The minimum absolute atomic E-state index is 0.141. The normalized spacial score (nSPS) is 31.6. The highest BCUT2D eigenvalue weighted by Crippen LogP contribution is 2.24. The summed E-state index contributed by atoms with van der Waals surface area (Å²) in [6.45, 7) is 2.03. The van der Waals surface area contributed by atoms with Crippen LogP contribution in [0.1, 0.15) is 26.2 Å². The van der Waals surface area contributed by atoms with Gasteiger partial charge in [0, 0.05) is 6.04 Å². The SMILES string of the molecule is CC1CCC(NCC(F)F)C1. The number of hydrogen-bond acceptors (Lipinski definition) is 1. The van der Waals surface area contributed by atoms with Crippen molar-refractivity contribution in [3.05, 3.63) is 0 Å². The second kappa shape index (κ2) is 4.00. The maximum atomic E-state index is 11.7. The first-order valence-corrected chi connectivity index (χ1v) is 4.20. The first-order valence-electron chi connectivity index (χ1n) is 4.20. The minimum Gasteiger partial charge on any atom is -0.309 e. The third-order valence-electron chi connectivity index (χ3n) is 2.26. The third kappa shape index (κ3) is 3.14. The first-order chi connectivity index (χ1) is 5.18. The molecule has 0 bridgehead atoms. The number of halogens is 2. The molecule has 66 valence electrons. The molecule has 1 nitrogen and oxygen atoms in total. The molecule has 0 amide bonds. The Morgan fingerprint density at radius 2 is 2.18 bits per heavy atom. The van der Waals surface area contributed by atoms with E-state index in [0.717, 1.165) is 12.8 Å². The third-order valence-corrected chi connectivity index (χ3v) is 2.26. The predicted molar refractivity (Wildman–Crippen MR) is 40.8 cm³/mol. The molecule has 1 rings (SSSR count). The molecule has 1 N–H and O–H groups in total. The van der Waals surface area contributed by atoms with Crippen LogP contribution >= 0.6 is 0 Å². The minimum atomic E-state index is -2.20. The quantitative estimate of drug-likeness (QED) is 0.671. The van der Waals surface area contributed by atoms with E-state index in [9.17, 15) is 8.78 Å². The number of rotatable bonds is 3. The van der Waals surface area contributed by atoms with Crippen LogP contribution in [0.2, 0.25) is 0 Å². The van der Waals surface area contributed by atoms with Crippen LogP contribution in [0.4, 0.5) is 8.78 Å². The molecular formula is C8H15F2N. The van der Waals surface area contributed by atoms with Crippen molar-refractivity contribution in [2.24, 2.45) is 5.92 Å². The van der Waals surface area contributed by atoms with Crippen LogP contribution < -0.4 is 5.32 Å². The van der Waals surface area contributed by atoms with Gasteiger partial charge in [-0.25, -0.2) is 8.78 Å². The fourth-order valence-electron chi connectivity index (χ4n) is 1.65. The van der Waals surface area contributed by atoms with Gasteiger partial charge in [0.25, 0.3) is 6.43 Å². The molecule has 0 aliphatic heterocycles. The number of hydrogen-bond donors (Lipinski definition) is 1. The molecule has 0 aromatic rings. The van der Waals surface area contributed by atoms with Gasteiger partial charge in [-0.3, -0.25) is 0 Å². The highest BCUT2D eigenvalue weighted by molar-refractivity contribution is 4.78. The zero-order valence-electron chi connectivity index (χ0n) is 6.82. The van der Waals surface area contributed by atoms with Crippen molar-refractivity contribution in [2.75, 3.05) is 6.54 Å². The summed E-state index contributed by atoms with van der Waals surface area (Å²) in [7, 11) is 0. The Balaban J connectivity index is 2.08. The van der Waals surface area contributed by atoms with Crippen LogP contribution in [0.5, 0.6) is 0 Å². The van der Waals surface area contributed by atoms with E-state index in [1.807, 2.05) is 0 Å². The van der Waals surface area contributed by atoms with E-state index in [0.29, 0.717) is 12.0 Å². The van der Waals surface area contributed by atoms with E-state index < -0.39 is 6.43 Å². The molecule has 3 heteroatoms. The molecule has 0 heterocycles. The summed E-state index contributed by atoms with van der Waals surface area (Å²) in [6.07, 6.45) is 1.10. The van der Waals surface area contributed by atoms with Crippen molar-refractivity contribution in [3.8, 4) is 0 Å². The summed E-state index contributed by atoms with van der Waals surface area (Å²) in [5.74, 6) is 0.713. The highest BCUT2D eigenvalue weighted by atomic mass is 19.3. The Morgan fingerprint density at radius 3 is 2.64 bits per heavy atom. The maximum absolute atomic E-state index is 11.7. The topological polar surface area (TPSA) is 12.0 Å². The average molecular weight is 163 g/mol. The summed E-state index contributed by atoms with van der Waals surface area (Å²) in [6, 6.07) is 0.346.